The second kappa shape index (κ2) is 5.05. The molecule has 1 heterocycles. The first-order valence-electron chi connectivity index (χ1n) is 7.95. The Hall–Kier alpha value is -2.43. The topological polar surface area (TPSA) is 63.7 Å². The molecule has 0 radical (unpaired) electrons. The fourth-order valence-electron chi connectivity index (χ4n) is 4.14. The van der Waals surface area contributed by atoms with Crippen molar-refractivity contribution in [1.82, 2.24) is 0 Å². The van der Waals surface area contributed by atoms with E-state index in [1.54, 1.807) is 31.2 Å². The highest BCUT2D eigenvalue weighted by molar-refractivity contribution is 6.23. The Labute approximate surface area is 133 Å². The Morgan fingerprint density at radius 2 is 1.83 bits per heavy atom. The van der Waals surface area contributed by atoms with Crippen molar-refractivity contribution in [3.8, 4) is 0 Å². The van der Waals surface area contributed by atoms with Crippen LogP contribution in [0.2, 0.25) is 0 Å². The maximum atomic E-state index is 12.7. The Kier molecular flexibility index (Phi) is 3.11. The highest BCUT2D eigenvalue weighted by atomic mass is 16.5. The number of amides is 2. The molecule has 118 valence electrons. The van der Waals surface area contributed by atoms with E-state index in [2.05, 4.69) is 12.2 Å². The van der Waals surface area contributed by atoms with Crippen molar-refractivity contribution in [1.29, 1.82) is 0 Å². The summed E-state index contributed by atoms with van der Waals surface area (Å²) in [5.41, 5.74) is 0.808. The van der Waals surface area contributed by atoms with Gasteiger partial charge in [-0.3, -0.25) is 9.59 Å². The summed E-state index contributed by atoms with van der Waals surface area (Å²) in [6, 6.07) is 6.54. The van der Waals surface area contributed by atoms with Crippen molar-refractivity contribution in [3.63, 3.8) is 0 Å². The first-order chi connectivity index (χ1) is 11.1. The van der Waals surface area contributed by atoms with E-state index in [4.69, 9.17) is 4.74 Å². The van der Waals surface area contributed by atoms with Gasteiger partial charge in [0.15, 0.2) is 0 Å². The largest absolute Gasteiger partial charge is 0.462 e. The SMILES string of the molecule is CCOC(=O)c1cccc(N2C(=O)[C@@H]3[C@@H](C2=O)[C@H]2C=C[C@H]3C2)c1. The average Bonchev–Trinajstić information content (AvgIpc) is 3.22. The van der Waals surface area contributed by atoms with E-state index < -0.39 is 5.97 Å². The molecule has 5 nitrogen and oxygen atoms in total. The van der Waals surface area contributed by atoms with Gasteiger partial charge in [-0.1, -0.05) is 18.2 Å². The summed E-state index contributed by atoms with van der Waals surface area (Å²) >= 11 is 0. The highest BCUT2D eigenvalue weighted by Crippen LogP contribution is 2.53. The molecule has 1 saturated heterocycles. The maximum absolute atomic E-state index is 12.7. The molecule has 0 N–H and O–H groups in total. The van der Waals surface area contributed by atoms with Gasteiger partial charge in [-0.25, -0.2) is 9.69 Å². The molecule has 2 aliphatic carbocycles. The summed E-state index contributed by atoms with van der Waals surface area (Å²) in [7, 11) is 0. The Morgan fingerprint density at radius 3 is 2.43 bits per heavy atom. The molecule has 2 bridgehead atoms. The standard InChI is InChI=1S/C18H17NO4/c1-2-23-18(22)12-4-3-5-13(9-12)19-16(20)14-10-6-7-11(8-10)15(14)17(19)21/h3-7,9-11,14-15H,2,8H2,1H3/t10-,11-,14-,15-/m0/s1. The average molecular weight is 311 g/mol. The van der Waals surface area contributed by atoms with E-state index in [0.717, 1.165) is 6.42 Å². The lowest BCUT2D eigenvalue weighted by molar-refractivity contribution is -0.123. The lowest BCUT2D eigenvalue weighted by atomic mass is 9.85. The van der Waals surface area contributed by atoms with Gasteiger partial charge in [-0.2, -0.15) is 0 Å². The number of carbonyl (C=O) groups is 3. The number of carbonyl (C=O) groups excluding carboxylic acids is 3. The van der Waals surface area contributed by atoms with Crippen molar-refractivity contribution in [2.75, 3.05) is 11.5 Å². The third kappa shape index (κ3) is 1.96. The van der Waals surface area contributed by atoms with Crippen LogP contribution in [-0.2, 0) is 14.3 Å². The molecule has 1 aromatic carbocycles. The quantitative estimate of drug-likeness (QED) is 0.487. The molecule has 2 amide bonds. The van der Waals surface area contributed by atoms with Crippen molar-refractivity contribution in [3.05, 3.63) is 42.0 Å². The van der Waals surface area contributed by atoms with Crippen LogP contribution in [0, 0.1) is 23.7 Å². The second-order valence-electron chi connectivity index (χ2n) is 6.28. The molecule has 3 aliphatic rings. The highest BCUT2D eigenvalue weighted by Gasteiger charge is 2.59. The van der Waals surface area contributed by atoms with Crippen molar-refractivity contribution < 1.29 is 19.1 Å². The maximum Gasteiger partial charge on any atom is 0.338 e. The van der Waals surface area contributed by atoms with Gasteiger partial charge < -0.3 is 4.74 Å². The number of imide groups is 1. The number of ether oxygens (including phenoxy) is 1. The smallest absolute Gasteiger partial charge is 0.338 e. The van der Waals surface area contributed by atoms with Crippen LogP contribution < -0.4 is 4.90 Å². The molecular formula is C18H17NO4. The van der Waals surface area contributed by atoms with E-state index >= 15 is 0 Å². The number of anilines is 1. The molecule has 0 unspecified atom stereocenters. The molecule has 4 rings (SSSR count). The van der Waals surface area contributed by atoms with Crippen molar-refractivity contribution in [2.45, 2.75) is 13.3 Å². The Morgan fingerprint density at radius 1 is 1.17 bits per heavy atom. The van der Waals surface area contributed by atoms with Gasteiger partial charge in [0.1, 0.15) is 0 Å². The van der Waals surface area contributed by atoms with Gasteiger partial charge in [0.05, 0.1) is 29.7 Å². The number of hydrogen-bond acceptors (Lipinski definition) is 4. The molecule has 4 atom stereocenters. The minimum absolute atomic E-state index is 0.141. The van der Waals surface area contributed by atoms with Crippen LogP contribution in [0.5, 0.6) is 0 Å². The zero-order chi connectivity index (χ0) is 16.1. The summed E-state index contributed by atoms with van der Waals surface area (Å²) < 4.78 is 4.98. The predicted octanol–water partition coefficient (Wildman–Crippen LogP) is 2.17. The second-order valence-corrected chi connectivity index (χ2v) is 6.28. The van der Waals surface area contributed by atoms with Crippen LogP contribution in [-0.4, -0.2) is 24.4 Å². The van der Waals surface area contributed by atoms with Crippen molar-refractivity contribution in [2.24, 2.45) is 23.7 Å². The zero-order valence-electron chi connectivity index (χ0n) is 12.8. The summed E-state index contributed by atoms with van der Waals surface area (Å²) in [4.78, 5) is 38.6. The van der Waals surface area contributed by atoms with Gasteiger partial charge in [-0.15, -0.1) is 0 Å². The summed E-state index contributed by atoms with van der Waals surface area (Å²) in [5.74, 6) is -0.835. The minimum atomic E-state index is -0.449. The number of esters is 1. The molecule has 1 saturated carbocycles. The molecule has 5 heteroatoms. The molecule has 1 aliphatic heterocycles. The minimum Gasteiger partial charge on any atom is -0.462 e. The van der Waals surface area contributed by atoms with Crippen LogP contribution in [0.1, 0.15) is 23.7 Å². The normalized spacial score (nSPS) is 30.9. The van der Waals surface area contributed by atoms with E-state index in [0.29, 0.717) is 11.3 Å². The number of hydrogen-bond donors (Lipinski definition) is 0. The molecule has 1 aromatic rings. The van der Waals surface area contributed by atoms with Gasteiger partial charge in [0, 0.05) is 0 Å². The van der Waals surface area contributed by atoms with Crippen molar-refractivity contribution >= 4 is 23.5 Å². The fraction of sp³-hybridized carbons (Fsp3) is 0.389. The molecule has 2 fully saturated rings. The lowest BCUT2D eigenvalue weighted by Crippen LogP contribution is -2.33. The first-order valence-corrected chi connectivity index (χ1v) is 7.95. The molecule has 0 aromatic heterocycles. The number of fused-ring (bicyclic) bond motifs is 5. The van der Waals surface area contributed by atoms with E-state index in [-0.39, 0.29) is 42.1 Å². The fourth-order valence-corrected chi connectivity index (χ4v) is 4.14. The first kappa shape index (κ1) is 14.2. The lowest BCUT2D eigenvalue weighted by Gasteiger charge is -2.17. The molecule has 0 spiro atoms. The monoisotopic (exact) mass is 311 g/mol. The van der Waals surface area contributed by atoms with E-state index in [1.165, 1.54) is 4.90 Å². The van der Waals surface area contributed by atoms with Crippen LogP contribution in [0.3, 0.4) is 0 Å². The molecular weight excluding hydrogens is 294 g/mol. The van der Waals surface area contributed by atoms with Gasteiger partial charge in [-0.05, 0) is 43.4 Å². The third-order valence-electron chi connectivity index (χ3n) is 5.09. The summed E-state index contributed by atoms with van der Waals surface area (Å²) in [6.45, 7) is 2.02. The van der Waals surface area contributed by atoms with Crippen LogP contribution in [0.4, 0.5) is 5.69 Å². The van der Waals surface area contributed by atoms with Crippen LogP contribution in [0.15, 0.2) is 36.4 Å². The summed E-state index contributed by atoms with van der Waals surface area (Å²) in [6.07, 6.45) is 5.04. The van der Waals surface area contributed by atoms with E-state index in [9.17, 15) is 14.4 Å². The third-order valence-corrected chi connectivity index (χ3v) is 5.09. The van der Waals surface area contributed by atoms with Crippen LogP contribution in [0.25, 0.3) is 0 Å². The van der Waals surface area contributed by atoms with Crippen LogP contribution >= 0.6 is 0 Å². The number of nitrogens with zero attached hydrogens (tertiary/aromatic N) is 1. The summed E-state index contributed by atoms with van der Waals surface area (Å²) in [5, 5.41) is 0. The van der Waals surface area contributed by atoms with E-state index in [1.807, 2.05) is 0 Å². The number of benzene rings is 1. The van der Waals surface area contributed by atoms with Gasteiger partial charge in [0.2, 0.25) is 11.8 Å². The Balaban J connectivity index is 1.67. The molecule has 23 heavy (non-hydrogen) atoms. The van der Waals surface area contributed by atoms with Gasteiger partial charge >= 0.3 is 5.97 Å². The predicted molar refractivity (Wildman–Crippen MR) is 82.6 cm³/mol. The number of allylic oxidation sites excluding steroid dienone is 2. The Bertz CT molecular complexity index is 708. The van der Waals surface area contributed by atoms with Gasteiger partial charge in [0.25, 0.3) is 0 Å². The number of rotatable bonds is 3. The zero-order valence-corrected chi connectivity index (χ0v) is 12.8.